The SMILES string of the molecule is COc1ccc(NC(=O)C2N(CCCCCO)C(=O)[C@@H]3[C@@H](C(=O)NCc4ccccc4)[C@@]4(C)CCC23O4)cc1. The molecule has 2 aromatic rings. The number of methoxy groups -OCH3 is 1. The number of benzene rings is 2. The molecule has 3 aliphatic heterocycles. The summed E-state index contributed by atoms with van der Waals surface area (Å²) in [6, 6.07) is 15.8. The van der Waals surface area contributed by atoms with Crippen molar-refractivity contribution >= 4 is 23.4 Å². The van der Waals surface area contributed by atoms with Gasteiger partial charge in [0.25, 0.3) is 0 Å². The summed E-state index contributed by atoms with van der Waals surface area (Å²) in [6.45, 7) is 2.68. The molecule has 3 N–H and O–H groups in total. The summed E-state index contributed by atoms with van der Waals surface area (Å²) in [6.07, 6.45) is 3.10. The van der Waals surface area contributed by atoms with Gasteiger partial charge in [-0.15, -0.1) is 0 Å². The molecule has 3 fully saturated rings. The predicted molar refractivity (Wildman–Crippen MR) is 145 cm³/mol. The second-order valence-electron chi connectivity index (χ2n) is 11.0. The maximum absolute atomic E-state index is 14.0. The number of amides is 3. The molecule has 0 radical (unpaired) electrons. The Labute approximate surface area is 228 Å². The summed E-state index contributed by atoms with van der Waals surface area (Å²) in [5.74, 6) is -1.52. The van der Waals surface area contributed by atoms with Crippen LogP contribution in [0.5, 0.6) is 5.75 Å². The maximum Gasteiger partial charge on any atom is 0.250 e. The highest BCUT2D eigenvalue weighted by atomic mass is 16.5. The fourth-order valence-corrected chi connectivity index (χ4v) is 6.72. The van der Waals surface area contributed by atoms with Crippen molar-refractivity contribution in [2.45, 2.75) is 62.8 Å². The molecule has 9 heteroatoms. The quantitative estimate of drug-likeness (QED) is 0.381. The molecule has 3 amide bonds. The zero-order valence-electron chi connectivity index (χ0n) is 22.5. The Morgan fingerprint density at radius 2 is 1.79 bits per heavy atom. The average molecular weight is 536 g/mol. The minimum absolute atomic E-state index is 0.0764. The van der Waals surface area contributed by atoms with Crippen LogP contribution in [0.3, 0.4) is 0 Å². The summed E-state index contributed by atoms with van der Waals surface area (Å²) in [7, 11) is 1.58. The number of aliphatic hydroxyl groups excluding tert-OH is 1. The molecule has 208 valence electrons. The molecule has 0 saturated carbocycles. The Bertz CT molecular complexity index is 1200. The van der Waals surface area contributed by atoms with Crippen molar-refractivity contribution in [2.75, 3.05) is 25.6 Å². The first kappa shape index (κ1) is 27.1. The average Bonchev–Trinajstić information content (AvgIpc) is 3.51. The predicted octanol–water partition coefficient (Wildman–Crippen LogP) is 2.88. The second kappa shape index (κ2) is 11.0. The van der Waals surface area contributed by atoms with Gasteiger partial charge in [-0.3, -0.25) is 14.4 Å². The van der Waals surface area contributed by atoms with Crippen LogP contribution in [0, 0.1) is 11.8 Å². The van der Waals surface area contributed by atoms with E-state index >= 15 is 0 Å². The number of ether oxygens (including phenoxy) is 2. The normalized spacial score (nSPS) is 28.8. The van der Waals surface area contributed by atoms with Gasteiger partial charge in [-0.1, -0.05) is 30.3 Å². The number of carbonyl (C=O) groups is 3. The number of nitrogens with zero attached hydrogens (tertiary/aromatic N) is 1. The second-order valence-corrected chi connectivity index (χ2v) is 11.0. The first-order valence-corrected chi connectivity index (χ1v) is 13.7. The lowest BCUT2D eigenvalue weighted by Gasteiger charge is -2.33. The van der Waals surface area contributed by atoms with Crippen LogP contribution in [-0.2, 0) is 25.7 Å². The van der Waals surface area contributed by atoms with Crippen LogP contribution in [0.25, 0.3) is 0 Å². The van der Waals surface area contributed by atoms with Gasteiger partial charge >= 0.3 is 0 Å². The molecule has 3 saturated heterocycles. The van der Waals surface area contributed by atoms with Gasteiger partial charge in [0.05, 0.1) is 24.5 Å². The lowest BCUT2D eigenvalue weighted by molar-refractivity contribution is -0.144. The van der Waals surface area contributed by atoms with Gasteiger partial charge in [0.2, 0.25) is 17.7 Å². The first-order chi connectivity index (χ1) is 18.8. The molecule has 0 aliphatic carbocycles. The van der Waals surface area contributed by atoms with Gasteiger partial charge in [-0.2, -0.15) is 0 Å². The number of rotatable bonds is 11. The van der Waals surface area contributed by atoms with E-state index in [1.54, 1.807) is 36.3 Å². The summed E-state index contributed by atoms with van der Waals surface area (Å²) in [5, 5.41) is 15.2. The number of fused-ring (bicyclic) bond motifs is 1. The van der Waals surface area contributed by atoms with Crippen LogP contribution in [0.2, 0.25) is 0 Å². The molecular formula is C30H37N3O6. The highest BCUT2D eigenvalue weighted by molar-refractivity contribution is 6.03. The van der Waals surface area contributed by atoms with E-state index in [9.17, 15) is 19.5 Å². The van der Waals surface area contributed by atoms with E-state index in [0.717, 1.165) is 12.0 Å². The zero-order valence-corrected chi connectivity index (χ0v) is 22.5. The summed E-state index contributed by atoms with van der Waals surface area (Å²) < 4.78 is 11.9. The van der Waals surface area contributed by atoms with E-state index in [-0.39, 0.29) is 24.3 Å². The fraction of sp³-hybridized carbons (Fsp3) is 0.500. The minimum Gasteiger partial charge on any atom is -0.497 e. The van der Waals surface area contributed by atoms with Gasteiger partial charge in [0.15, 0.2) is 0 Å². The summed E-state index contributed by atoms with van der Waals surface area (Å²) in [4.78, 5) is 43.2. The molecule has 3 heterocycles. The van der Waals surface area contributed by atoms with E-state index in [1.807, 2.05) is 37.3 Å². The van der Waals surface area contributed by atoms with Crippen LogP contribution < -0.4 is 15.4 Å². The summed E-state index contributed by atoms with van der Waals surface area (Å²) in [5.41, 5.74) is -0.351. The van der Waals surface area contributed by atoms with Gasteiger partial charge in [0.1, 0.15) is 17.4 Å². The van der Waals surface area contributed by atoms with Crippen molar-refractivity contribution in [3.8, 4) is 5.75 Å². The standard InChI is InChI=1S/C30H37N3O6/c1-29-15-16-30(39-29)24(23(29)26(35)31-19-20-9-5-3-6-10-20)28(37)33(17-7-4-8-18-34)25(30)27(36)32-21-11-13-22(38-2)14-12-21/h3,5-6,9-14,23-25,34H,4,7-8,15-19H2,1-2H3,(H,31,35)(H,32,36)/t23-,24-,25?,29+,30?/m0/s1. The maximum atomic E-state index is 14.0. The molecule has 9 nitrogen and oxygen atoms in total. The van der Waals surface area contributed by atoms with E-state index in [4.69, 9.17) is 9.47 Å². The van der Waals surface area contributed by atoms with Crippen LogP contribution in [0.1, 0.15) is 44.6 Å². The number of carbonyl (C=O) groups excluding carboxylic acids is 3. The Kier molecular flexibility index (Phi) is 7.64. The Morgan fingerprint density at radius 1 is 1.05 bits per heavy atom. The molecule has 2 unspecified atom stereocenters. The van der Waals surface area contributed by atoms with Crippen molar-refractivity contribution < 1.29 is 29.0 Å². The van der Waals surface area contributed by atoms with Gasteiger partial charge in [-0.25, -0.2) is 0 Å². The summed E-state index contributed by atoms with van der Waals surface area (Å²) >= 11 is 0. The zero-order chi connectivity index (χ0) is 27.6. The molecule has 3 aliphatic rings. The third kappa shape index (κ3) is 4.89. The van der Waals surface area contributed by atoms with Crippen molar-refractivity contribution in [1.29, 1.82) is 0 Å². The molecule has 5 atom stereocenters. The van der Waals surface area contributed by atoms with Crippen molar-refractivity contribution in [3.63, 3.8) is 0 Å². The monoisotopic (exact) mass is 535 g/mol. The van der Waals surface area contributed by atoms with Crippen LogP contribution >= 0.6 is 0 Å². The van der Waals surface area contributed by atoms with E-state index < -0.39 is 29.1 Å². The first-order valence-electron chi connectivity index (χ1n) is 13.7. The number of aliphatic hydroxyl groups is 1. The number of anilines is 1. The molecule has 2 aromatic carbocycles. The van der Waals surface area contributed by atoms with Crippen LogP contribution in [0.4, 0.5) is 5.69 Å². The van der Waals surface area contributed by atoms with Gasteiger partial charge in [0, 0.05) is 25.4 Å². The third-order valence-electron chi connectivity index (χ3n) is 8.53. The lowest BCUT2D eigenvalue weighted by Crippen LogP contribution is -2.53. The number of hydrogen-bond acceptors (Lipinski definition) is 6. The molecule has 2 bridgehead atoms. The van der Waals surface area contributed by atoms with Gasteiger partial charge in [-0.05, 0) is 68.9 Å². The highest BCUT2D eigenvalue weighted by Gasteiger charge is 2.77. The Morgan fingerprint density at radius 3 is 2.49 bits per heavy atom. The van der Waals surface area contributed by atoms with Gasteiger partial charge < -0.3 is 30.1 Å². The van der Waals surface area contributed by atoms with Crippen molar-refractivity contribution in [2.24, 2.45) is 11.8 Å². The Balaban J connectivity index is 1.42. The largest absolute Gasteiger partial charge is 0.497 e. The Hall–Kier alpha value is -3.43. The molecule has 1 spiro atoms. The third-order valence-corrected chi connectivity index (χ3v) is 8.53. The van der Waals surface area contributed by atoms with E-state index in [0.29, 0.717) is 50.2 Å². The topological polar surface area (TPSA) is 117 Å². The van der Waals surface area contributed by atoms with Crippen molar-refractivity contribution in [1.82, 2.24) is 10.2 Å². The molecule has 5 rings (SSSR count). The molecular weight excluding hydrogens is 498 g/mol. The van der Waals surface area contributed by atoms with Crippen molar-refractivity contribution in [3.05, 3.63) is 60.2 Å². The number of nitrogens with one attached hydrogen (secondary N) is 2. The van der Waals surface area contributed by atoms with Crippen LogP contribution in [0.15, 0.2) is 54.6 Å². The number of likely N-dealkylation sites (tertiary alicyclic amines) is 1. The number of unbranched alkanes of at least 4 members (excludes halogenated alkanes) is 2. The molecule has 0 aromatic heterocycles. The lowest BCUT2D eigenvalue weighted by atomic mass is 9.66. The molecule has 39 heavy (non-hydrogen) atoms. The minimum atomic E-state index is -1.08. The number of hydrogen-bond donors (Lipinski definition) is 3. The van der Waals surface area contributed by atoms with E-state index in [2.05, 4.69) is 10.6 Å². The highest BCUT2D eigenvalue weighted by Crippen LogP contribution is 2.63. The van der Waals surface area contributed by atoms with E-state index in [1.165, 1.54) is 0 Å². The van der Waals surface area contributed by atoms with Crippen LogP contribution in [-0.4, -0.2) is 65.2 Å². The smallest absolute Gasteiger partial charge is 0.250 e. The fourth-order valence-electron chi connectivity index (χ4n) is 6.72.